The predicted octanol–water partition coefficient (Wildman–Crippen LogP) is 1.67. The van der Waals surface area contributed by atoms with Gasteiger partial charge in [0.1, 0.15) is 11.3 Å². The molecule has 4 heteroatoms. The Morgan fingerprint density at radius 3 is 2.94 bits per heavy atom. The fourth-order valence-electron chi connectivity index (χ4n) is 2.41. The molecule has 0 aliphatic carbocycles. The first kappa shape index (κ1) is 9.66. The maximum Gasteiger partial charge on any atom is 0.141 e. The lowest BCUT2D eigenvalue weighted by Gasteiger charge is -2.23. The van der Waals surface area contributed by atoms with E-state index in [9.17, 15) is 5.11 Å². The summed E-state index contributed by atoms with van der Waals surface area (Å²) in [4.78, 5) is 0. The van der Waals surface area contributed by atoms with Crippen LogP contribution in [-0.2, 0) is 0 Å². The Labute approximate surface area is 93.9 Å². The van der Waals surface area contributed by atoms with Gasteiger partial charge in [0.25, 0.3) is 0 Å². The second-order valence-corrected chi connectivity index (χ2v) is 4.29. The number of para-hydroxylation sites is 1. The second-order valence-electron chi connectivity index (χ2n) is 4.29. The van der Waals surface area contributed by atoms with E-state index in [1.54, 1.807) is 6.07 Å². The second kappa shape index (κ2) is 3.79. The molecule has 0 unspecified atom stereocenters. The van der Waals surface area contributed by atoms with Crippen molar-refractivity contribution in [3.8, 4) is 5.75 Å². The van der Waals surface area contributed by atoms with E-state index >= 15 is 0 Å². The minimum Gasteiger partial charge on any atom is -0.506 e. The lowest BCUT2D eigenvalue weighted by atomic mass is 10.1. The van der Waals surface area contributed by atoms with E-state index in [4.69, 9.17) is 0 Å². The van der Waals surface area contributed by atoms with Crippen LogP contribution >= 0.6 is 0 Å². The fourth-order valence-corrected chi connectivity index (χ4v) is 2.41. The van der Waals surface area contributed by atoms with Crippen molar-refractivity contribution >= 4 is 10.9 Å². The Morgan fingerprint density at radius 2 is 2.12 bits per heavy atom. The molecule has 2 aromatic rings. The van der Waals surface area contributed by atoms with Crippen molar-refractivity contribution in [2.24, 2.45) is 0 Å². The molecular formula is C12H15N3O. The van der Waals surface area contributed by atoms with Crippen molar-refractivity contribution in [2.75, 3.05) is 13.1 Å². The molecule has 0 amide bonds. The summed E-state index contributed by atoms with van der Waals surface area (Å²) >= 11 is 0. The average Bonchev–Trinajstić information content (AvgIpc) is 2.75. The van der Waals surface area contributed by atoms with E-state index < -0.39 is 0 Å². The first-order valence-electron chi connectivity index (χ1n) is 5.72. The van der Waals surface area contributed by atoms with E-state index in [2.05, 4.69) is 10.4 Å². The summed E-state index contributed by atoms with van der Waals surface area (Å²) in [6.07, 6.45) is 3.98. The van der Waals surface area contributed by atoms with Crippen molar-refractivity contribution in [1.82, 2.24) is 15.1 Å². The summed E-state index contributed by atoms with van der Waals surface area (Å²) in [6.45, 7) is 2.05. The lowest BCUT2D eigenvalue weighted by Crippen LogP contribution is -2.29. The molecular weight excluding hydrogens is 202 g/mol. The number of hydrogen-bond donors (Lipinski definition) is 2. The Bertz CT molecular complexity index is 500. The molecule has 2 heterocycles. The number of hydrogen-bond acceptors (Lipinski definition) is 3. The third-order valence-electron chi connectivity index (χ3n) is 3.25. The molecule has 0 saturated carbocycles. The van der Waals surface area contributed by atoms with Crippen LogP contribution in [0.1, 0.15) is 18.9 Å². The highest BCUT2D eigenvalue weighted by Crippen LogP contribution is 2.29. The molecule has 0 spiro atoms. The predicted molar refractivity (Wildman–Crippen MR) is 62.5 cm³/mol. The largest absolute Gasteiger partial charge is 0.506 e. The molecule has 0 atom stereocenters. The summed E-state index contributed by atoms with van der Waals surface area (Å²) in [7, 11) is 0. The maximum absolute atomic E-state index is 9.90. The van der Waals surface area contributed by atoms with Gasteiger partial charge in [0.2, 0.25) is 0 Å². The third-order valence-corrected chi connectivity index (χ3v) is 3.25. The Hall–Kier alpha value is -1.55. The van der Waals surface area contributed by atoms with Gasteiger partial charge in [-0.2, -0.15) is 5.10 Å². The van der Waals surface area contributed by atoms with Crippen LogP contribution < -0.4 is 5.32 Å². The summed E-state index contributed by atoms with van der Waals surface area (Å²) in [6, 6.07) is 5.97. The van der Waals surface area contributed by atoms with Gasteiger partial charge in [0.05, 0.1) is 12.2 Å². The number of nitrogens with zero attached hydrogens (tertiary/aromatic N) is 2. The highest BCUT2D eigenvalue weighted by molar-refractivity contribution is 5.84. The van der Waals surface area contributed by atoms with Crippen molar-refractivity contribution in [3.05, 3.63) is 24.4 Å². The van der Waals surface area contributed by atoms with Crippen molar-refractivity contribution in [1.29, 1.82) is 0 Å². The smallest absolute Gasteiger partial charge is 0.141 e. The van der Waals surface area contributed by atoms with Crippen molar-refractivity contribution in [3.63, 3.8) is 0 Å². The Kier molecular flexibility index (Phi) is 2.29. The number of fused-ring (bicyclic) bond motifs is 1. The van der Waals surface area contributed by atoms with Gasteiger partial charge in [-0.15, -0.1) is 0 Å². The van der Waals surface area contributed by atoms with Crippen LogP contribution in [0.5, 0.6) is 5.75 Å². The zero-order valence-electron chi connectivity index (χ0n) is 9.06. The third kappa shape index (κ3) is 1.46. The monoisotopic (exact) mass is 217 g/mol. The normalized spacial score (nSPS) is 18.0. The standard InChI is InChI=1S/C12H15N3O/c16-11-3-1-2-9-8-14-15(12(9)11)10-4-6-13-7-5-10/h1-3,8,10,13,16H,4-7H2. The summed E-state index contributed by atoms with van der Waals surface area (Å²) < 4.78 is 1.98. The van der Waals surface area contributed by atoms with Gasteiger partial charge in [0.15, 0.2) is 0 Å². The molecule has 3 rings (SSSR count). The van der Waals surface area contributed by atoms with Crippen LogP contribution in [0.2, 0.25) is 0 Å². The number of phenolic OH excluding ortho intramolecular Hbond substituents is 1. The van der Waals surface area contributed by atoms with E-state index in [1.807, 2.05) is 23.0 Å². The summed E-state index contributed by atoms with van der Waals surface area (Å²) in [5.74, 6) is 0.327. The van der Waals surface area contributed by atoms with Crippen LogP contribution in [0.25, 0.3) is 10.9 Å². The number of rotatable bonds is 1. The van der Waals surface area contributed by atoms with Gasteiger partial charge in [-0.05, 0) is 32.0 Å². The molecule has 1 fully saturated rings. The number of piperidine rings is 1. The van der Waals surface area contributed by atoms with E-state index in [0.29, 0.717) is 11.8 Å². The molecule has 84 valence electrons. The van der Waals surface area contributed by atoms with Gasteiger partial charge in [-0.25, -0.2) is 0 Å². The highest BCUT2D eigenvalue weighted by Gasteiger charge is 2.18. The Balaban J connectivity index is 2.09. The molecule has 1 saturated heterocycles. The molecule has 1 aromatic carbocycles. The van der Waals surface area contributed by atoms with E-state index in [-0.39, 0.29) is 0 Å². The zero-order valence-corrected chi connectivity index (χ0v) is 9.06. The fraction of sp³-hybridized carbons (Fsp3) is 0.417. The lowest BCUT2D eigenvalue weighted by molar-refractivity contribution is 0.348. The molecule has 1 aliphatic rings. The van der Waals surface area contributed by atoms with Gasteiger partial charge < -0.3 is 10.4 Å². The topological polar surface area (TPSA) is 50.1 Å². The molecule has 4 nitrogen and oxygen atoms in total. The van der Waals surface area contributed by atoms with Gasteiger partial charge in [-0.3, -0.25) is 4.68 Å². The maximum atomic E-state index is 9.90. The summed E-state index contributed by atoms with van der Waals surface area (Å²) in [5, 5.41) is 18.7. The van der Waals surface area contributed by atoms with Crippen LogP contribution in [0, 0.1) is 0 Å². The van der Waals surface area contributed by atoms with Crippen LogP contribution in [-0.4, -0.2) is 28.0 Å². The number of aromatic nitrogens is 2. The first-order valence-corrected chi connectivity index (χ1v) is 5.72. The van der Waals surface area contributed by atoms with E-state index in [0.717, 1.165) is 36.8 Å². The Morgan fingerprint density at radius 1 is 1.31 bits per heavy atom. The van der Waals surface area contributed by atoms with Crippen molar-refractivity contribution < 1.29 is 5.11 Å². The molecule has 0 radical (unpaired) electrons. The van der Waals surface area contributed by atoms with Crippen LogP contribution in [0.3, 0.4) is 0 Å². The summed E-state index contributed by atoms with van der Waals surface area (Å²) in [5.41, 5.74) is 0.870. The van der Waals surface area contributed by atoms with Gasteiger partial charge in [-0.1, -0.05) is 12.1 Å². The van der Waals surface area contributed by atoms with Gasteiger partial charge in [0, 0.05) is 5.39 Å². The number of aromatic hydroxyl groups is 1. The average molecular weight is 217 g/mol. The van der Waals surface area contributed by atoms with Crippen LogP contribution in [0.15, 0.2) is 24.4 Å². The first-order chi connectivity index (χ1) is 7.86. The number of phenols is 1. The molecule has 1 aliphatic heterocycles. The van der Waals surface area contributed by atoms with E-state index in [1.165, 1.54) is 0 Å². The zero-order chi connectivity index (χ0) is 11.0. The number of nitrogens with one attached hydrogen (secondary N) is 1. The molecule has 1 aromatic heterocycles. The quantitative estimate of drug-likeness (QED) is 0.764. The SMILES string of the molecule is Oc1cccc2cnn(C3CCNCC3)c12. The number of benzene rings is 1. The molecule has 2 N–H and O–H groups in total. The molecule has 0 bridgehead atoms. The highest BCUT2D eigenvalue weighted by atomic mass is 16.3. The van der Waals surface area contributed by atoms with Gasteiger partial charge >= 0.3 is 0 Å². The minimum atomic E-state index is 0.327. The minimum absolute atomic E-state index is 0.327. The van der Waals surface area contributed by atoms with Crippen molar-refractivity contribution in [2.45, 2.75) is 18.9 Å². The van der Waals surface area contributed by atoms with Crippen LogP contribution in [0.4, 0.5) is 0 Å². The molecule has 16 heavy (non-hydrogen) atoms.